The molecule has 4 aromatic rings. The van der Waals surface area contributed by atoms with Crippen LogP contribution in [0.25, 0.3) is 10.9 Å². The van der Waals surface area contributed by atoms with Crippen molar-refractivity contribution >= 4 is 38.3 Å². The number of aromatic hydroxyl groups is 1. The number of likely N-dealkylation sites (N-methyl/N-ethyl adjacent to an activating group) is 1. The van der Waals surface area contributed by atoms with Gasteiger partial charge >= 0.3 is 5.97 Å². The fourth-order valence-electron chi connectivity index (χ4n) is 5.09. The first-order valence-corrected chi connectivity index (χ1v) is 15.2. The van der Waals surface area contributed by atoms with Crippen LogP contribution in [0.4, 0.5) is 5.69 Å². The van der Waals surface area contributed by atoms with E-state index in [4.69, 9.17) is 9.73 Å². The van der Waals surface area contributed by atoms with Gasteiger partial charge in [0.15, 0.2) is 5.88 Å². The summed E-state index contributed by atoms with van der Waals surface area (Å²) in [6.45, 7) is 6.59. The minimum Gasteiger partial charge on any atom is -0.494 e. The van der Waals surface area contributed by atoms with Gasteiger partial charge in [0.1, 0.15) is 0 Å². The molecule has 3 N–H and O–H groups in total. The molecule has 10 nitrogen and oxygen atoms in total. The third kappa shape index (κ3) is 6.39. The number of hydrogen-bond donors (Lipinski definition) is 3. The number of esters is 1. The van der Waals surface area contributed by atoms with Gasteiger partial charge < -0.3 is 19.7 Å². The zero-order chi connectivity index (χ0) is 29.9. The third-order valence-electron chi connectivity index (χ3n) is 7.52. The van der Waals surface area contributed by atoms with E-state index >= 15 is 0 Å². The van der Waals surface area contributed by atoms with Gasteiger partial charge in [-0.15, -0.1) is 0 Å². The molecular formula is C31H35N5O5S. The molecule has 0 spiro atoms. The monoisotopic (exact) mass is 589 g/mol. The predicted molar refractivity (Wildman–Crippen MR) is 163 cm³/mol. The lowest BCUT2D eigenvalue weighted by atomic mass is 9.98. The van der Waals surface area contributed by atoms with E-state index < -0.39 is 16.0 Å². The van der Waals surface area contributed by atoms with Crippen molar-refractivity contribution in [2.45, 2.75) is 11.8 Å². The molecule has 1 saturated heterocycles. The van der Waals surface area contributed by atoms with E-state index in [0.29, 0.717) is 52.1 Å². The van der Waals surface area contributed by atoms with Crippen molar-refractivity contribution in [3.8, 4) is 5.88 Å². The molecule has 0 atom stereocenters. The number of carbonyl (C=O) groups excluding carboxylic acids is 1. The van der Waals surface area contributed by atoms with Crippen molar-refractivity contribution < 1.29 is 23.1 Å². The fourth-order valence-corrected chi connectivity index (χ4v) is 6.11. The summed E-state index contributed by atoms with van der Waals surface area (Å²) in [6, 6.07) is 19.2. The number of nitrogens with one attached hydrogen (secondary N) is 2. The Morgan fingerprint density at radius 3 is 2.40 bits per heavy atom. The van der Waals surface area contributed by atoms with Crippen LogP contribution in [0.2, 0.25) is 0 Å². The molecule has 1 aromatic heterocycles. The topological polar surface area (TPSA) is 127 Å². The van der Waals surface area contributed by atoms with E-state index in [1.54, 1.807) is 25.1 Å². The molecule has 1 aliphatic rings. The summed E-state index contributed by atoms with van der Waals surface area (Å²) in [4.78, 5) is 24.7. The molecule has 1 aliphatic heterocycles. The normalized spacial score (nSPS) is 15.3. The molecule has 5 rings (SSSR count). The van der Waals surface area contributed by atoms with Gasteiger partial charge in [-0.3, -0.25) is 4.90 Å². The average Bonchev–Trinajstić information content (AvgIpc) is 3.30. The zero-order valence-corrected chi connectivity index (χ0v) is 24.7. The summed E-state index contributed by atoms with van der Waals surface area (Å²) < 4.78 is 33.5. The van der Waals surface area contributed by atoms with Crippen LogP contribution in [0.3, 0.4) is 0 Å². The number of piperazine rings is 1. The molecule has 0 saturated carbocycles. The molecule has 0 amide bonds. The highest BCUT2D eigenvalue weighted by Gasteiger charge is 2.22. The van der Waals surface area contributed by atoms with E-state index in [-0.39, 0.29) is 10.8 Å². The lowest BCUT2D eigenvalue weighted by Crippen LogP contribution is -2.46. The minimum atomic E-state index is -3.68. The SMILES string of the molecule is COC(=O)c1cc2[nH]c(O)c(C(=Nc3ccc(S(=O)(=O)NCCN4CCN(C)CC4)cc3)c3ccccc3)c2cc1C. The average molecular weight is 590 g/mol. The smallest absolute Gasteiger partial charge is 0.338 e. The second-order valence-corrected chi connectivity index (χ2v) is 12.2. The van der Waals surface area contributed by atoms with Gasteiger partial charge in [0.2, 0.25) is 10.0 Å². The molecule has 3 aromatic carbocycles. The quantitative estimate of drug-likeness (QED) is 0.201. The Kier molecular flexibility index (Phi) is 8.74. The number of rotatable bonds is 9. The molecule has 0 aliphatic carbocycles. The number of aliphatic imine (C=N–C) groups is 1. The number of nitrogens with zero attached hydrogens (tertiary/aromatic N) is 3. The summed E-state index contributed by atoms with van der Waals surface area (Å²) in [5.74, 6) is -0.566. The standard InChI is InChI=1S/C31H35N5O5S/c1-21-19-26-27(20-25(21)31(38)41-3)34-30(37)28(26)29(22-7-5-4-6-8-22)33-23-9-11-24(12-10-23)42(39,40)32-13-14-36-17-15-35(2)16-18-36/h4-12,19-20,32,34,37H,13-18H2,1-3H3. The molecule has 220 valence electrons. The van der Waals surface area contributed by atoms with Crippen molar-refractivity contribution in [3.05, 3.63) is 89.0 Å². The number of aromatic nitrogens is 1. The summed E-state index contributed by atoms with van der Waals surface area (Å²) in [7, 11) is -0.274. The Morgan fingerprint density at radius 1 is 1.05 bits per heavy atom. The van der Waals surface area contributed by atoms with Crippen molar-refractivity contribution in [3.63, 3.8) is 0 Å². The van der Waals surface area contributed by atoms with Crippen molar-refractivity contribution in [1.82, 2.24) is 19.5 Å². The van der Waals surface area contributed by atoms with Gasteiger partial charge in [-0.05, 0) is 55.9 Å². The molecule has 1 fully saturated rings. The second-order valence-electron chi connectivity index (χ2n) is 10.4. The highest BCUT2D eigenvalue weighted by Crippen LogP contribution is 2.33. The fraction of sp³-hybridized carbons (Fsp3) is 0.290. The molecule has 0 radical (unpaired) electrons. The van der Waals surface area contributed by atoms with Crippen LogP contribution in [-0.4, -0.2) is 93.4 Å². The first-order chi connectivity index (χ1) is 20.2. The van der Waals surface area contributed by atoms with Gasteiger partial charge in [-0.2, -0.15) is 0 Å². The maximum atomic E-state index is 12.9. The number of sulfonamides is 1. The van der Waals surface area contributed by atoms with Crippen LogP contribution in [0.5, 0.6) is 5.88 Å². The number of benzene rings is 3. The summed E-state index contributed by atoms with van der Waals surface area (Å²) in [5, 5.41) is 11.7. The number of carbonyl (C=O) groups is 1. The number of aryl methyl sites for hydroxylation is 1. The number of methoxy groups -OCH3 is 1. The lowest BCUT2D eigenvalue weighted by Gasteiger charge is -2.32. The summed E-state index contributed by atoms with van der Waals surface area (Å²) >= 11 is 0. The van der Waals surface area contributed by atoms with E-state index in [2.05, 4.69) is 26.6 Å². The Labute approximate surface area is 245 Å². The van der Waals surface area contributed by atoms with Crippen LogP contribution in [0, 0.1) is 6.92 Å². The van der Waals surface area contributed by atoms with Crippen molar-refractivity contribution in [2.24, 2.45) is 4.99 Å². The summed E-state index contributed by atoms with van der Waals surface area (Å²) in [6.07, 6.45) is 0. The highest BCUT2D eigenvalue weighted by molar-refractivity contribution is 7.89. The number of aromatic amines is 1. The van der Waals surface area contributed by atoms with E-state index in [1.165, 1.54) is 19.2 Å². The molecule has 42 heavy (non-hydrogen) atoms. The largest absolute Gasteiger partial charge is 0.494 e. The van der Waals surface area contributed by atoms with Gasteiger partial charge in [-0.1, -0.05) is 30.3 Å². The molecular weight excluding hydrogens is 554 g/mol. The maximum Gasteiger partial charge on any atom is 0.338 e. The number of hydrogen-bond acceptors (Lipinski definition) is 8. The molecule has 11 heteroatoms. The molecule has 0 bridgehead atoms. The van der Waals surface area contributed by atoms with Crippen molar-refractivity contribution in [1.29, 1.82) is 0 Å². The number of fused-ring (bicyclic) bond motifs is 1. The number of ether oxygens (including phenoxy) is 1. The zero-order valence-electron chi connectivity index (χ0n) is 23.9. The van der Waals surface area contributed by atoms with Crippen LogP contribution in [0.15, 0.2) is 76.6 Å². The van der Waals surface area contributed by atoms with Crippen LogP contribution >= 0.6 is 0 Å². The maximum absolute atomic E-state index is 12.9. The highest BCUT2D eigenvalue weighted by atomic mass is 32.2. The van der Waals surface area contributed by atoms with Crippen LogP contribution < -0.4 is 4.72 Å². The van der Waals surface area contributed by atoms with Gasteiger partial charge in [-0.25, -0.2) is 22.9 Å². The van der Waals surface area contributed by atoms with Gasteiger partial charge in [0, 0.05) is 55.7 Å². The first kappa shape index (κ1) is 29.5. The lowest BCUT2D eigenvalue weighted by molar-refractivity contribution is 0.0600. The van der Waals surface area contributed by atoms with E-state index in [9.17, 15) is 18.3 Å². The van der Waals surface area contributed by atoms with E-state index in [0.717, 1.165) is 31.7 Å². The Balaban J connectivity index is 1.44. The Morgan fingerprint density at radius 2 is 1.74 bits per heavy atom. The van der Waals surface area contributed by atoms with E-state index in [1.807, 2.05) is 36.4 Å². The van der Waals surface area contributed by atoms with Gasteiger partial charge in [0.25, 0.3) is 0 Å². The third-order valence-corrected chi connectivity index (χ3v) is 8.99. The second kappa shape index (κ2) is 12.5. The van der Waals surface area contributed by atoms with Crippen LogP contribution in [0.1, 0.15) is 27.0 Å². The molecule has 2 heterocycles. The molecule has 0 unspecified atom stereocenters. The van der Waals surface area contributed by atoms with Crippen molar-refractivity contribution in [2.75, 3.05) is 53.4 Å². The minimum absolute atomic E-state index is 0.0993. The predicted octanol–water partition coefficient (Wildman–Crippen LogP) is 3.66. The Bertz CT molecular complexity index is 1710. The summed E-state index contributed by atoms with van der Waals surface area (Å²) in [5.41, 5.74) is 3.87. The van der Waals surface area contributed by atoms with Gasteiger partial charge in [0.05, 0.1) is 34.5 Å². The van der Waals surface area contributed by atoms with Crippen LogP contribution in [-0.2, 0) is 14.8 Å². The Hall–Kier alpha value is -4.03. The first-order valence-electron chi connectivity index (χ1n) is 13.7. The number of H-pyrrole nitrogens is 1.